The van der Waals surface area contributed by atoms with Gasteiger partial charge in [-0.1, -0.05) is 24.3 Å². The van der Waals surface area contributed by atoms with Gasteiger partial charge in [-0.2, -0.15) is 0 Å². The third-order valence-corrected chi connectivity index (χ3v) is 4.98. The molecule has 0 saturated carbocycles. The second kappa shape index (κ2) is 5.50. The summed E-state index contributed by atoms with van der Waals surface area (Å²) in [5.74, 6) is 0.906. The van der Waals surface area contributed by atoms with Crippen LogP contribution in [0.25, 0.3) is 5.65 Å². The van der Waals surface area contributed by atoms with E-state index in [0.29, 0.717) is 5.69 Å². The van der Waals surface area contributed by atoms with Gasteiger partial charge < -0.3 is 9.72 Å². The molecule has 110 valence electrons. The van der Waals surface area contributed by atoms with E-state index in [9.17, 15) is 4.79 Å². The first-order valence-electron chi connectivity index (χ1n) is 7.27. The van der Waals surface area contributed by atoms with Crippen molar-refractivity contribution in [2.75, 3.05) is 5.75 Å². The van der Waals surface area contributed by atoms with E-state index in [1.54, 1.807) is 6.20 Å². The zero-order valence-corrected chi connectivity index (χ0v) is 12.7. The van der Waals surface area contributed by atoms with Crippen molar-refractivity contribution in [2.24, 2.45) is 0 Å². The maximum Gasteiger partial charge on any atom is 0.271 e. The summed E-state index contributed by atoms with van der Waals surface area (Å²) in [4.78, 5) is 18.1. The predicted octanol–water partition coefficient (Wildman–Crippen LogP) is 3.30. The first kappa shape index (κ1) is 13.4. The number of pyridine rings is 1. The molecule has 1 amide bonds. The van der Waals surface area contributed by atoms with E-state index in [4.69, 9.17) is 0 Å². The zero-order chi connectivity index (χ0) is 14.9. The third-order valence-electron chi connectivity index (χ3n) is 3.86. The fourth-order valence-electron chi connectivity index (χ4n) is 2.77. The highest BCUT2D eigenvalue weighted by molar-refractivity contribution is 7.99. The van der Waals surface area contributed by atoms with Gasteiger partial charge in [0.1, 0.15) is 11.3 Å². The van der Waals surface area contributed by atoms with Crippen LogP contribution in [-0.2, 0) is 0 Å². The molecular formula is C17H15N3OS. The number of hydrogen-bond acceptors (Lipinski definition) is 3. The van der Waals surface area contributed by atoms with Crippen molar-refractivity contribution in [2.45, 2.75) is 17.4 Å². The molecule has 5 heteroatoms. The van der Waals surface area contributed by atoms with Crippen molar-refractivity contribution in [1.82, 2.24) is 14.7 Å². The highest BCUT2D eigenvalue weighted by Gasteiger charge is 2.23. The Kier molecular flexibility index (Phi) is 3.35. The molecule has 3 heterocycles. The van der Waals surface area contributed by atoms with Gasteiger partial charge in [0.2, 0.25) is 0 Å². The summed E-state index contributed by atoms with van der Waals surface area (Å²) in [6, 6.07) is 14.1. The number of nitrogens with one attached hydrogen (secondary N) is 1. The van der Waals surface area contributed by atoms with Crippen molar-refractivity contribution >= 4 is 23.3 Å². The van der Waals surface area contributed by atoms with E-state index in [2.05, 4.69) is 22.4 Å². The van der Waals surface area contributed by atoms with Crippen molar-refractivity contribution in [3.05, 3.63) is 66.1 Å². The number of benzene rings is 1. The summed E-state index contributed by atoms with van der Waals surface area (Å²) in [5.41, 5.74) is 2.45. The minimum atomic E-state index is -0.115. The number of thioether (sulfide) groups is 1. The lowest BCUT2D eigenvalue weighted by atomic mass is 10.0. The lowest BCUT2D eigenvalue weighted by molar-refractivity contribution is 0.0930. The van der Waals surface area contributed by atoms with Gasteiger partial charge in [0.05, 0.1) is 6.04 Å². The van der Waals surface area contributed by atoms with Gasteiger partial charge in [0.15, 0.2) is 0 Å². The van der Waals surface area contributed by atoms with Gasteiger partial charge in [0, 0.05) is 23.0 Å². The number of fused-ring (bicyclic) bond motifs is 2. The maximum absolute atomic E-state index is 12.5. The molecule has 0 fully saturated rings. The van der Waals surface area contributed by atoms with Crippen LogP contribution in [0.2, 0.25) is 0 Å². The molecule has 0 saturated heterocycles. The second-order valence-electron chi connectivity index (χ2n) is 5.29. The fourth-order valence-corrected chi connectivity index (χ4v) is 3.89. The van der Waals surface area contributed by atoms with E-state index in [1.165, 1.54) is 10.5 Å². The van der Waals surface area contributed by atoms with Gasteiger partial charge in [-0.3, -0.25) is 4.79 Å². The van der Waals surface area contributed by atoms with Gasteiger partial charge in [-0.05, 0) is 30.2 Å². The van der Waals surface area contributed by atoms with Gasteiger partial charge >= 0.3 is 0 Å². The van der Waals surface area contributed by atoms with Crippen LogP contribution in [0.5, 0.6) is 0 Å². The highest BCUT2D eigenvalue weighted by atomic mass is 32.2. The molecular weight excluding hydrogens is 294 g/mol. The number of amides is 1. The Morgan fingerprint density at radius 2 is 2.09 bits per heavy atom. The zero-order valence-electron chi connectivity index (χ0n) is 11.9. The predicted molar refractivity (Wildman–Crippen MR) is 87.2 cm³/mol. The summed E-state index contributed by atoms with van der Waals surface area (Å²) in [6.07, 6.45) is 4.61. The molecule has 1 atom stereocenters. The summed E-state index contributed by atoms with van der Waals surface area (Å²) in [6.45, 7) is 0. The molecule has 1 aromatic carbocycles. The number of imidazole rings is 1. The Morgan fingerprint density at radius 3 is 3.00 bits per heavy atom. The summed E-state index contributed by atoms with van der Waals surface area (Å²) < 4.78 is 1.86. The van der Waals surface area contributed by atoms with Crippen LogP contribution in [0.15, 0.2) is 59.8 Å². The van der Waals surface area contributed by atoms with Crippen LogP contribution >= 0.6 is 11.8 Å². The molecule has 4 rings (SSSR count). The van der Waals surface area contributed by atoms with Gasteiger partial charge in [-0.15, -0.1) is 11.8 Å². The van der Waals surface area contributed by atoms with Crippen molar-refractivity contribution in [1.29, 1.82) is 0 Å². The molecule has 1 aliphatic rings. The van der Waals surface area contributed by atoms with Crippen LogP contribution in [0.3, 0.4) is 0 Å². The molecule has 1 aliphatic heterocycles. The van der Waals surface area contributed by atoms with Crippen LogP contribution < -0.4 is 5.32 Å². The minimum absolute atomic E-state index is 0.0646. The monoisotopic (exact) mass is 309 g/mol. The number of carbonyl (C=O) groups excluding carboxylic acids is 1. The average molecular weight is 309 g/mol. The Bertz CT molecular complexity index is 810. The number of aromatic nitrogens is 2. The van der Waals surface area contributed by atoms with Crippen molar-refractivity contribution < 1.29 is 4.79 Å². The van der Waals surface area contributed by atoms with E-state index in [1.807, 2.05) is 52.7 Å². The number of rotatable bonds is 2. The molecule has 0 aliphatic carbocycles. The first-order valence-corrected chi connectivity index (χ1v) is 8.26. The molecule has 1 N–H and O–H groups in total. The third kappa shape index (κ3) is 2.37. The molecule has 4 nitrogen and oxygen atoms in total. The largest absolute Gasteiger partial charge is 0.344 e. The van der Waals surface area contributed by atoms with Gasteiger partial charge in [-0.25, -0.2) is 4.98 Å². The van der Waals surface area contributed by atoms with Crippen molar-refractivity contribution in [3.8, 4) is 0 Å². The average Bonchev–Trinajstić information content (AvgIpc) is 2.99. The number of carbonyl (C=O) groups is 1. The topological polar surface area (TPSA) is 46.4 Å². The lowest BCUT2D eigenvalue weighted by Gasteiger charge is -2.25. The normalized spacial score (nSPS) is 17.2. The molecule has 22 heavy (non-hydrogen) atoms. The summed E-state index contributed by atoms with van der Waals surface area (Å²) in [7, 11) is 0. The Morgan fingerprint density at radius 1 is 1.23 bits per heavy atom. The van der Waals surface area contributed by atoms with E-state index in [0.717, 1.165) is 17.8 Å². The molecule has 0 radical (unpaired) electrons. The number of hydrogen-bond donors (Lipinski definition) is 1. The van der Waals surface area contributed by atoms with Crippen LogP contribution in [-0.4, -0.2) is 21.0 Å². The van der Waals surface area contributed by atoms with Crippen molar-refractivity contribution in [3.63, 3.8) is 0 Å². The highest BCUT2D eigenvalue weighted by Crippen LogP contribution is 2.35. The molecule has 1 unspecified atom stereocenters. The maximum atomic E-state index is 12.5. The fraction of sp³-hybridized carbons (Fsp3) is 0.176. The SMILES string of the molecule is O=C(NC1CCSc2ccccc21)c1cn2ccccc2n1. The smallest absolute Gasteiger partial charge is 0.271 e. The quantitative estimate of drug-likeness (QED) is 0.790. The van der Waals surface area contributed by atoms with Crippen LogP contribution in [0.1, 0.15) is 28.5 Å². The van der Waals surface area contributed by atoms with Crippen LogP contribution in [0.4, 0.5) is 0 Å². The number of nitrogens with zero attached hydrogens (tertiary/aromatic N) is 2. The van der Waals surface area contributed by atoms with E-state index in [-0.39, 0.29) is 11.9 Å². The molecule has 0 bridgehead atoms. The standard InChI is InChI=1S/C17H15N3OS/c21-17(14-11-20-9-4-3-7-16(20)18-14)19-13-8-10-22-15-6-2-1-5-12(13)15/h1-7,9,11,13H,8,10H2,(H,19,21). The molecule has 3 aromatic rings. The molecule has 0 spiro atoms. The summed E-state index contributed by atoms with van der Waals surface area (Å²) >= 11 is 1.85. The van der Waals surface area contributed by atoms with E-state index >= 15 is 0 Å². The second-order valence-corrected chi connectivity index (χ2v) is 6.43. The molecule has 2 aromatic heterocycles. The lowest BCUT2D eigenvalue weighted by Crippen LogP contribution is -2.30. The van der Waals surface area contributed by atoms with E-state index < -0.39 is 0 Å². The van der Waals surface area contributed by atoms with Gasteiger partial charge in [0.25, 0.3) is 5.91 Å². The van der Waals surface area contributed by atoms with Crippen LogP contribution in [0, 0.1) is 0 Å². The first-order chi connectivity index (χ1) is 10.8. The summed E-state index contributed by atoms with van der Waals surface area (Å²) in [5, 5.41) is 3.12. The Balaban J connectivity index is 1.60. The Hall–Kier alpha value is -2.27. The minimum Gasteiger partial charge on any atom is -0.344 e. The Labute approximate surface area is 132 Å².